The molecule has 0 bridgehead atoms. The molecule has 0 N–H and O–H groups in total. The molecule has 0 atom stereocenters. The first-order valence-corrected chi connectivity index (χ1v) is 21.2. The van der Waals surface area contributed by atoms with Crippen LogP contribution in [0.4, 0.5) is 0 Å². The van der Waals surface area contributed by atoms with Crippen LogP contribution >= 0.6 is 22.7 Å². The highest BCUT2D eigenvalue weighted by Crippen LogP contribution is 2.50. The zero-order valence-corrected chi connectivity index (χ0v) is 32.4. The Morgan fingerprint density at radius 1 is 0.345 bits per heavy atom. The van der Waals surface area contributed by atoms with E-state index >= 15 is 0 Å². The Kier molecular flexibility index (Phi) is 6.02. The van der Waals surface area contributed by atoms with Crippen molar-refractivity contribution in [3.8, 4) is 39.5 Å². The third-order valence-corrected chi connectivity index (χ3v) is 14.5. The maximum Gasteiger partial charge on any atom is 0.236 e. The van der Waals surface area contributed by atoms with Gasteiger partial charge >= 0.3 is 0 Å². The minimum Gasteiger partial charge on any atom is -0.308 e. The lowest BCUT2D eigenvalue weighted by atomic mass is 9.98. The molecular weight excluding hydrogens is 745 g/mol. The Morgan fingerprint density at radius 2 is 0.966 bits per heavy atom. The van der Waals surface area contributed by atoms with Gasteiger partial charge in [-0.05, 0) is 64.7 Å². The molecule has 0 aliphatic rings. The first-order valence-electron chi connectivity index (χ1n) is 19.6. The topological polar surface area (TPSA) is 35.1 Å². The maximum absolute atomic E-state index is 5.59. The lowest BCUT2D eigenvalue weighted by Crippen LogP contribution is -2.02. The molecule has 0 aliphatic carbocycles. The van der Waals surface area contributed by atoms with Crippen LogP contribution in [0, 0.1) is 0 Å². The Morgan fingerprint density at radius 3 is 1.78 bits per heavy atom. The van der Waals surface area contributed by atoms with Gasteiger partial charge in [-0.15, -0.1) is 22.7 Å². The minimum absolute atomic E-state index is 0.689. The molecule has 6 heterocycles. The van der Waals surface area contributed by atoms with Gasteiger partial charge < -0.3 is 4.40 Å². The van der Waals surface area contributed by atoms with Crippen molar-refractivity contribution in [2.75, 3.05) is 0 Å². The molecule has 0 fully saturated rings. The Bertz CT molecular complexity index is 3940. The number of benzene rings is 8. The number of rotatable bonds is 4. The van der Waals surface area contributed by atoms with E-state index in [9.17, 15) is 0 Å². The van der Waals surface area contributed by atoms with Crippen LogP contribution in [0.5, 0.6) is 0 Å². The summed E-state index contributed by atoms with van der Waals surface area (Å²) < 4.78 is 8.67. The van der Waals surface area contributed by atoms with Gasteiger partial charge in [0.1, 0.15) is 4.83 Å². The van der Waals surface area contributed by atoms with E-state index in [1.54, 1.807) is 11.3 Å². The van der Waals surface area contributed by atoms with Crippen LogP contribution in [-0.2, 0) is 0 Å². The quantitative estimate of drug-likeness (QED) is 0.179. The number of fused-ring (bicyclic) bond motifs is 7. The minimum atomic E-state index is 0.689. The van der Waals surface area contributed by atoms with Crippen LogP contribution in [0.1, 0.15) is 0 Å². The summed E-state index contributed by atoms with van der Waals surface area (Å²) in [7, 11) is 0. The van der Waals surface area contributed by atoms with Crippen molar-refractivity contribution in [3.63, 3.8) is 0 Å². The summed E-state index contributed by atoms with van der Waals surface area (Å²) in [6.45, 7) is 0. The molecule has 6 heteroatoms. The van der Waals surface area contributed by atoms with Gasteiger partial charge in [-0.3, -0.25) is 4.57 Å². The van der Waals surface area contributed by atoms with Crippen LogP contribution in [-0.4, -0.2) is 18.9 Å². The highest BCUT2D eigenvalue weighted by Gasteiger charge is 2.27. The molecule has 0 saturated carbocycles. The van der Waals surface area contributed by atoms with E-state index in [0.29, 0.717) is 5.95 Å². The van der Waals surface area contributed by atoms with Gasteiger partial charge in [0.25, 0.3) is 0 Å². The van der Waals surface area contributed by atoms with Crippen molar-refractivity contribution in [1.82, 2.24) is 18.9 Å². The van der Waals surface area contributed by atoms with Gasteiger partial charge in [0.2, 0.25) is 5.95 Å². The van der Waals surface area contributed by atoms with Crippen molar-refractivity contribution in [1.29, 1.82) is 0 Å². The van der Waals surface area contributed by atoms with Crippen LogP contribution in [0.25, 0.3) is 129 Å². The SMILES string of the molecule is c1ccc(-c2ccc(-c3ccc(-c4nc(-n5c6ccc7sc8ccc9c%10ccccc%10n%10c%11cccc5c%11c6c7c8c9%10)nc5sc6ccccc6c45)cc3)cc2)cc1. The van der Waals surface area contributed by atoms with Gasteiger partial charge in [-0.1, -0.05) is 127 Å². The first kappa shape index (κ1) is 31.0. The summed E-state index contributed by atoms with van der Waals surface area (Å²) in [5.41, 5.74) is 12.8. The second-order valence-electron chi connectivity index (χ2n) is 15.3. The fourth-order valence-electron chi connectivity index (χ4n) is 9.81. The highest BCUT2D eigenvalue weighted by molar-refractivity contribution is 7.26. The van der Waals surface area contributed by atoms with Gasteiger partial charge in [-0.2, -0.15) is 0 Å². The number of thiophene rings is 2. The summed E-state index contributed by atoms with van der Waals surface area (Å²) in [5.74, 6) is 0.689. The van der Waals surface area contributed by atoms with Crippen LogP contribution in [0.3, 0.4) is 0 Å². The summed E-state index contributed by atoms with van der Waals surface area (Å²) in [6, 6.07) is 61.8. The van der Waals surface area contributed by atoms with Crippen molar-refractivity contribution in [2.24, 2.45) is 0 Å². The number of aromatic nitrogens is 4. The summed E-state index contributed by atoms with van der Waals surface area (Å²) in [5, 5.41) is 10.1. The zero-order chi connectivity index (χ0) is 37.6. The fourth-order valence-corrected chi connectivity index (χ4v) is 12.0. The number of hydrogen-bond donors (Lipinski definition) is 0. The molecule has 0 radical (unpaired) electrons. The zero-order valence-electron chi connectivity index (χ0n) is 30.8. The molecule has 0 saturated heterocycles. The summed E-state index contributed by atoms with van der Waals surface area (Å²) in [6.07, 6.45) is 0. The van der Waals surface area contributed by atoms with E-state index in [1.807, 2.05) is 11.3 Å². The van der Waals surface area contributed by atoms with Crippen molar-refractivity contribution < 1.29 is 0 Å². The third kappa shape index (κ3) is 4.02. The molecule has 58 heavy (non-hydrogen) atoms. The lowest BCUT2D eigenvalue weighted by Gasteiger charge is -2.11. The molecule has 0 amide bonds. The predicted octanol–water partition coefficient (Wildman–Crippen LogP) is 14.7. The maximum atomic E-state index is 5.59. The Balaban J connectivity index is 1.03. The molecular formula is C52H28N4S2. The number of para-hydroxylation sites is 1. The third-order valence-electron chi connectivity index (χ3n) is 12.3. The molecule has 268 valence electrons. The molecule has 8 aromatic carbocycles. The molecule has 4 nitrogen and oxygen atoms in total. The molecule has 6 aromatic heterocycles. The smallest absolute Gasteiger partial charge is 0.236 e. The summed E-state index contributed by atoms with van der Waals surface area (Å²) >= 11 is 3.63. The van der Waals surface area contributed by atoms with Crippen LogP contribution < -0.4 is 0 Å². The van der Waals surface area contributed by atoms with E-state index in [1.165, 1.54) is 90.6 Å². The normalized spacial score (nSPS) is 12.5. The highest BCUT2D eigenvalue weighted by atomic mass is 32.1. The van der Waals surface area contributed by atoms with Gasteiger partial charge in [0.05, 0.1) is 33.3 Å². The second kappa shape index (κ2) is 11.3. The van der Waals surface area contributed by atoms with Crippen LogP contribution in [0.2, 0.25) is 0 Å². The van der Waals surface area contributed by atoms with Gasteiger partial charge in [0, 0.05) is 62.8 Å². The fraction of sp³-hybridized carbons (Fsp3) is 0. The van der Waals surface area contributed by atoms with E-state index in [-0.39, 0.29) is 0 Å². The van der Waals surface area contributed by atoms with Gasteiger partial charge in [-0.25, -0.2) is 9.97 Å². The van der Waals surface area contributed by atoms with Crippen molar-refractivity contribution in [3.05, 3.63) is 170 Å². The van der Waals surface area contributed by atoms with E-state index in [2.05, 4.69) is 179 Å². The first-order chi connectivity index (χ1) is 28.8. The van der Waals surface area contributed by atoms with E-state index in [4.69, 9.17) is 9.97 Å². The standard InChI is InChI=1S/C52H28N4S2/c1-2-9-29(10-3-1)30-17-19-31(20-18-30)32-21-23-33(24-22-32)49-44-36-12-5-7-16-41(36)58-51(44)54-52(53-49)56-39-15-8-14-38-45(39)46-40(56)26-28-42-47(46)48-43(57-42)27-25-35-34-11-4-6-13-37(34)55(38)50(35)48/h1-28H. The van der Waals surface area contributed by atoms with Crippen LogP contribution in [0.15, 0.2) is 170 Å². The molecule has 0 aliphatic heterocycles. The Hall–Kier alpha value is -7.12. The molecule has 14 aromatic rings. The van der Waals surface area contributed by atoms with Crippen molar-refractivity contribution >= 4 is 112 Å². The van der Waals surface area contributed by atoms with Crippen molar-refractivity contribution in [2.45, 2.75) is 0 Å². The van der Waals surface area contributed by atoms with E-state index < -0.39 is 0 Å². The average molecular weight is 773 g/mol. The molecule has 0 unspecified atom stereocenters. The average Bonchev–Trinajstić information content (AvgIpc) is 4.01. The largest absolute Gasteiger partial charge is 0.308 e. The predicted molar refractivity (Wildman–Crippen MR) is 247 cm³/mol. The molecule has 0 spiro atoms. The van der Waals surface area contributed by atoms with E-state index in [0.717, 1.165) is 32.5 Å². The monoisotopic (exact) mass is 772 g/mol. The second-order valence-corrected chi connectivity index (χ2v) is 17.4. The van der Waals surface area contributed by atoms with Gasteiger partial charge in [0.15, 0.2) is 0 Å². The lowest BCUT2D eigenvalue weighted by molar-refractivity contribution is 1.02. The Labute approximate surface area is 338 Å². The number of hydrogen-bond acceptors (Lipinski definition) is 4. The number of nitrogens with zero attached hydrogens (tertiary/aromatic N) is 4. The summed E-state index contributed by atoms with van der Waals surface area (Å²) in [4.78, 5) is 12.0. The molecule has 14 rings (SSSR count).